The third-order valence-corrected chi connectivity index (χ3v) is 4.58. The zero-order chi connectivity index (χ0) is 16.0. The van der Waals surface area contributed by atoms with Crippen molar-refractivity contribution in [3.63, 3.8) is 0 Å². The monoisotopic (exact) mass is 338 g/mol. The number of rotatable bonds is 8. The molecule has 6 nitrogen and oxygen atoms in total. The van der Waals surface area contributed by atoms with E-state index in [1.807, 2.05) is 0 Å². The molecule has 118 valence electrons. The van der Waals surface area contributed by atoms with Gasteiger partial charge < -0.3 is 5.11 Å². The van der Waals surface area contributed by atoms with E-state index < -0.39 is 22.0 Å². The van der Waals surface area contributed by atoms with Gasteiger partial charge >= 0.3 is 5.97 Å². The number of nitrogens with zero attached hydrogens (tertiary/aromatic N) is 1. The maximum Gasteiger partial charge on any atom is 0.303 e. The van der Waals surface area contributed by atoms with Gasteiger partial charge in [0.05, 0.1) is 0 Å². The van der Waals surface area contributed by atoms with E-state index in [0.29, 0.717) is 0 Å². The molecule has 0 saturated heterocycles. The molecule has 0 unspecified atom stereocenters. The Labute approximate surface area is 127 Å². The van der Waals surface area contributed by atoms with Crippen LogP contribution in [0.4, 0.5) is 4.39 Å². The summed E-state index contributed by atoms with van der Waals surface area (Å²) in [5.41, 5.74) is 0.0811. The van der Waals surface area contributed by atoms with E-state index in [1.54, 1.807) is 0 Å². The van der Waals surface area contributed by atoms with Crippen LogP contribution >= 0.6 is 11.6 Å². The molecule has 0 amide bonds. The van der Waals surface area contributed by atoms with Crippen LogP contribution in [-0.2, 0) is 21.5 Å². The molecular weight excluding hydrogens is 323 g/mol. The van der Waals surface area contributed by atoms with E-state index >= 15 is 0 Å². The van der Waals surface area contributed by atoms with Gasteiger partial charge in [-0.05, 0) is 18.6 Å². The van der Waals surface area contributed by atoms with Gasteiger partial charge in [0.1, 0.15) is 5.82 Å². The fourth-order valence-electron chi connectivity index (χ4n) is 1.54. The van der Waals surface area contributed by atoms with Gasteiger partial charge in [0.25, 0.3) is 10.2 Å². The highest BCUT2D eigenvalue weighted by molar-refractivity contribution is 7.87. The first kappa shape index (κ1) is 17.8. The molecule has 0 aromatic heterocycles. The van der Waals surface area contributed by atoms with Gasteiger partial charge in [-0.2, -0.15) is 12.7 Å². The minimum atomic E-state index is -3.82. The largest absolute Gasteiger partial charge is 0.481 e. The van der Waals surface area contributed by atoms with E-state index in [9.17, 15) is 17.6 Å². The molecule has 1 aromatic rings. The van der Waals surface area contributed by atoms with Gasteiger partial charge in [-0.1, -0.05) is 17.7 Å². The molecule has 0 bridgehead atoms. The second-order valence-electron chi connectivity index (χ2n) is 4.35. The highest BCUT2D eigenvalue weighted by Crippen LogP contribution is 2.20. The van der Waals surface area contributed by atoms with Crippen molar-refractivity contribution in [2.75, 3.05) is 13.6 Å². The Kier molecular flexibility index (Phi) is 6.53. The summed E-state index contributed by atoms with van der Waals surface area (Å²) in [7, 11) is -2.54. The molecule has 0 aliphatic carbocycles. The van der Waals surface area contributed by atoms with Gasteiger partial charge in [-0.25, -0.2) is 9.11 Å². The molecule has 9 heteroatoms. The summed E-state index contributed by atoms with van der Waals surface area (Å²) >= 11 is 5.84. The molecular formula is C12H16ClFN2O4S. The van der Waals surface area contributed by atoms with Gasteiger partial charge in [-0.3, -0.25) is 4.79 Å². The van der Waals surface area contributed by atoms with Gasteiger partial charge in [0.15, 0.2) is 0 Å². The van der Waals surface area contributed by atoms with Crippen molar-refractivity contribution in [1.29, 1.82) is 0 Å². The van der Waals surface area contributed by atoms with E-state index in [4.69, 9.17) is 16.7 Å². The fourth-order valence-corrected chi connectivity index (χ4v) is 2.69. The third kappa shape index (κ3) is 5.58. The van der Waals surface area contributed by atoms with Crippen molar-refractivity contribution < 1.29 is 22.7 Å². The topological polar surface area (TPSA) is 86.7 Å². The van der Waals surface area contributed by atoms with Crippen LogP contribution in [0.1, 0.15) is 18.4 Å². The van der Waals surface area contributed by atoms with Crippen LogP contribution < -0.4 is 4.72 Å². The molecule has 2 N–H and O–H groups in total. The summed E-state index contributed by atoms with van der Waals surface area (Å²) in [6.45, 7) is -0.232. The number of carboxylic acids is 1. The molecule has 0 spiro atoms. The minimum absolute atomic E-state index is 0.00994. The minimum Gasteiger partial charge on any atom is -0.481 e. The maximum atomic E-state index is 13.6. The summed E-state index contributed by atoms with van der Waals surface area (Å²) in [6, 6.07) is 4.10. The normalized spacial score (nSPS) is 11.8. The summed E-state index contributed by atoms with van der Waals surface area (Å²) in [5, 5.41) is 8.61. The lowest BCUT2D eigenvalue weighted by Crippen LogP contribution is -2.38. The second-order valence-corrected chi connectivity index (χ2v) is 6.62. The molecule has 21 heavy (non-hydrogen) atoms. The molecule has 0 saturated carbocycles. The molecule has 0 aliphatic heterocycles. The summed E-state index contributed by atoms with van der Waals surface area (Å²) < 4.78 is 40.6. The van der Waals surface area contributed by atoms with Gasteiger partial charge in [0.2, 0.25) is 0 Å². The van der Waals surface area contributed by atoms with Crippen LogP contribution in [0.25, 0.3) is 0 Å². The summed E-state index contributed by atoms with van der Waals surface area (Å²) in [6.07, 6.45) is 0.0359. The van der Waals surface area contributed by atoms with Gasteiger partial charge in [0, 0.05) is 37.1 Å². The van der Waals surface area contributed by atoms with Gasteiger partial charge in [-0.15, -0.1) is 0 Å². The summed E-state index contributed by atoms with van der Waals surface area (Å²) in [4.78, 5) is 10.3. The van der Waals surface area contributed by atoms with Crippen molar-refractivity contribution in [1.82, 2.24) is 9.03 Å². The quantitative estimate of drug-likeness (QED) is 0.705. The van der Waals surface area contributed by atoms with E-state index in [-0.39, 0.29) is 36.5 Å². The first-order valence-electron chi connectivity index (χ1n) is 6.09. The zero-order valence-corrected chi connectivity index (χ0v) is 12.9. The van der Waals surface area contributed by atoms with Crippen molar-refractivity contribution >= 4 is 27.8 Å². The lowest BCUT2D eigenvalue weighted by atomic mass is 10.2. The summed E-state index contributed by atoms with van der Waals surface area (Å²) in [5.74, 6) is -1.59. The van der Waals surface area contributed by atoms with E-state index in [0.717, 1.165) is 4.31 Å². The number of halogens is 2. The van der Waals surface area contributed by atoms with Crippen molar-refractivity contribution in [2.24, 2.45) is 0 Å². The Hall–Kier alpha value is -1.22. The van der Waals surface area contributed by atoms with E-state index in [1.165, 1.54) is 25.2 Å². The van der Waals surface area contributed by atoms with Crippen LogP contribution in [0, 0.1) is 5.82 Å². The first-order chi connectivity index (χ1) is 9.74. The third-order valence-electron chi connectivity index (χ3n) is 2.70. The van der Waals surface area contributed by atoms with Crippen LogP contribution in [0.2, 0.25) is 5.02 Å². The van der Waals surface area contributed by atoms with Crippen molar-refractivity contribution in [3.05, 3.63) is 34.6 Å². The maximum absolute atomic E-state index is 13.6. The number of carboxylic acid groups (broad SMARTS) is 1. The van der Waals surface area contributed by atoms with Crippen LogP contribution in [0.5, 0.6) is 0 Å². The Morgan fingerprint density at radius 2 is 2.14 bits per heavy atom. The molecule has 0 atom stereocenters. The standard InChI is InChI=1S/C12H16ClFN2O4S/c1-16(8-9-10(13)4-2-5-11(9)14)21(19,20)15-7-3-6-12(17)18/h2,4-5,15H,3,6-8H2,1H3,(H,17,18). The lowest BCUT2D eigenvalue weighted by molar-refractivity contribution is -0.137. The Bertz CT molecular complexity index is 589. The number of carbonyl (C=O) groups is 1. The fraction of sp³-hybridized carbons (Fsp3) is 0.417. The molecule has 0 aliphatic rings. The average molecular weight is 339 g/mol. The molecule has 1 rings (SSSR count). The smallest absolute Gasteiger partial charge is 0.303 e. The molecule has 0 heterocycles. The average Bonchev–Trinajstić information content (AvgIpc) is 2.38. The van der Waals surface area contributed by atoms with Crippen LogP contribution in [-0.4, -0.2) is 37.4 Å². The number of benzene rings is 1. The number of hydrogen-bond donors (Lipinski definition) is 2. The van der Waals surface area contributed by atoms with Crippen molar-refractivity contribution in [2.45, 2.75) is 19.4 Å². The lowest BCUT2D eigenvalue weighted by Gasteiger charge is -2.18. The molecule has 0 fully saturated rings. The highest BCUT2D eigenvalue weighted by atomic mass is 35.5. The Balaban J connectivity index is 2.65. The number of hydrogen-bond acceptors (Lipinski definition) is 3. The van der Waals surface area contributed by atoms with E-state index in [2.05, 4.69) is 4.72 Å². The molecule has 0 radical (unpaired) electrons. The number of aliphatic carboxylic acids is 1. The molecule has 1 aromatic carbocycles. The predicted octanol–water partition coefficient (Wildman–Crippen LogP) is 1.61. The first-order valence-corrected chi connectivity index (χ1v) is 7.91. The van der Waals surface area contributed by atoms with Crippen LogP contribution in [0.3, 0.4) is 0 Å². The SMILES string of the molecule is CN(Cc1c(F)cccc1Cl)S(=O)(=O)NCCCC(=O)O. The second kappa shape index (κ2) is 7.69. The van der Waals surface area contributed by atoms with Crippen molar-refractivity contribution in [3.8, 4) is 0 Å². The predicted molar refractivity (Wildman–Crippen MR) is 76.7 cm³/mol. The highest BCUT2D eigenvalue weighted by Gasteiger charge is 2.20. The Morgan fingerprint density at radius 1 is 1.48 bits per heavy atom. The number of nitrogens with one attached hydrogen (secondary N) is 1. The Morgan fingerprint density at radius 3 is 2.71 bits per heavy atom. The van der Waals surface area contributed by atoms with Crippen LogP contribution in [0.15, 0.2) is 18.2 Å². The zero-order valence-electron chi connectivity index (χ0n) is 11.3.